The van der Waals surface area contributed by atoms with Crippen LogP contribution in [0.5, 0.6) is 0 Å². The van der Waals surface area contributed by atoms with E-state index in [1.165, 1.54) is 11.3 Å². The number of anilines is 1. The average Bonchev–Trinajstić information content (AvgIpc) is 3.24. The van der Waals surface area contributed by atoms with Crippen molar-refractivity contribution < 1.29 is 9.21 Å². The second kappa shape index (κ2) is 6.53. The fourth-order valence-corrected chi connectivity index (χ4v) is 3.31. The summed E-state index contributed by atoms with van der Waals surface area (Å²) >= 11 is 1.42. The number of fused-ring (bicyclic) bond motifs is 1. The van der Waals surface area contributed by atoms with Crippen LogP contribution in [0.1, 0.15) is 26.7 Å². The molecule has 2 heterocycles. The highest BCUT2D eigenvalue weighted by molar-refractivity contribution is 7.12. The first-order chi connectivity index (χ1) is 12.2. The number of nitrogens with zero attached hydrogens (tertiary/aromatic N) is 1. The average molecular weight is 348 g/mol. The maximum Gasteiger partial charge on any atom is 0.265 e. The number of thiophene rings is 1. The van der Waals surface area contributed by atoms with Gasteiger partial charge in [-0.15, -0.1) is 11.3 Å². The van der Waals surface area contributed by atoms with E-state index in [0.29, 0.717) is 17.2 Å². The fraction of sp³-hybridized carbons (Fsp3) is 0.100. The third kappa shape index (κ3) is 3.46. The number of rotatable bonds is 4. The number of hydrogen-bond donors (Lipinski definition) is 1. The molecule has 5 heteroatoms. The van der Waals surface area contributed by atoms with Gasteiger partial charge in [0.25, 0.3) is 5.91 Å². The normalized spacial score (nSPS) is 10.9. The lowest BCUT2D eigenvalue weighted by atomic mass is 10.1. The minimum Gasteiger partial charge on any atom is -0.440 e. The molecular weight excluding hydrogens is 332 g/mol. The van der Waals surface area contributed by atoms with Gasteiger partial charge in [-0.3, -0.25) is 4.79 Å². The first-order valence-corrected chi connectivity index (χ1v) is 8.85. The smallest absolute Gasteiger partial charge is 0.265 e. The monoisotopic (exact) mass is 348 g/mol. The molecule has 1 N–H and O–H groups in total. The van der Waals surface area contributed by atoms with Crippen molar-refractivity contribution in [3.8, 4) is 0 Å². The number of benzene rings is 2. The molecule has 0 atom stereocenters. The molecule has 0 aliphatic rings. The summed E-state index contributed by atoms with van der Waals surface area (Å²) in [5, 5.41) is 4.81. The summed E-state index contributed by atoms with van der Waals surface area (Å²) in [7, 11) is 0. The van der Waals surface area contributed by atoms with Crippen LogP contribution in [-0.2, 0) is 6.42 Å². The molecule has 4 aromatic rings. The molecule has 0 fully saturated rings. The Hall–Kier alpha value is -2.92. The Balaban J connectivity index is 1.53. The van der Waals surface area contributed by atoms with E-state index in [-0.39, 0.29) is 5.91 Å². The summed E-state index contributed by atoms with van der Waals surface area (Å²) in [6, 6.07) is 17.4. The molecule has 4 rings (SSSR count). The first-order valence-electron chi connectivity index (χ1n) is 7.97. The van der Waals surface area contributed by atoms with Crippen LogP contribution in [0, 0.1) is 6.92 Å². The van der Waals surface area contributed by atoms with Crippen molar-refractivity contribution in [2.24, 2.45) is 0 Å². The van der Waals surface area contributed by atoms with Gasteiger partial charge in [0.05, 0.1) is 4.88 Å². The molecule has 25 heavy (non-hydrogen) atoms. The Labute approximate surface area is 149 Å². The van der Waals surface area contributed by atoms with Crippen molar-refractivity contribution in [1.82, 2.24) is 4.98 Å². The zero-order valence-corrected chi connectivity index (χ0v) is 14.5. The van der Waals surface area contributed by atoms with E-state index in [1.54, 1.807) is 0 Å². The number of aromatic nitrogens is 1. The van der Waals surface area contributed by atoms with Crippen LogP contribution in [0.25, 0.3) is 11.1 Å². The number of aryl methyl sites for hydroxylation is 1. The summed E-state index contributed by atoms with van der Waals surface area (Å²) in [6.07, 6.45) is 0.580. The van der Waals surface area contributed by atoms with E-state index < -0.39 is 0 Å². The van der Waals surface area contributed by atoms with Crippen molar-refractivity contribution in [3.05, 3.63) is 81.9 Å². The summed E-state index contributed by atoms with van der Waals surface area (Å²) < 4.78 is 5.84. The molecule has 0 unspecified atom stereocenters. The fourth-order valence-electron chi connectivity index (χ4n) is 2.69. The summed E-state index contributed by atoms with van der Waals surface area (Å²) in [4.78, 5) is 17.4. The van der Waals surface area contributed by atoms with Crippen LogP contribution in [0.4, 0.5) is 5.69 Å². The molecule has 4 nitrogen and oxygen atoms in total. The summed E-state index contributed by atoms with van der Waals surface area (Å²) in [5.41, 5.74) is 4.61. The van der Waals surface area contributed by atoms with E-state index in [4.69, 9.17) is 4.42 Å². The molecule has 0 spiro atoms. The van der Waals surface area contributed by atoms with Gasteiger partial charge in [-0.05, 0) is 53.8 Å². The van der Waals surface area contributed by atoms with Crippen molar-refractivity contribution in [3.63, 3.8) is 0 Å². The number of oxazole rings is 1. The van der Waals surface area contributed by atoms with E-state index >= 15 is 0 Å². The van der Waals surface area contributed by atoms with Crippen molar-refractivity contribution in [2.45, 2.75) is 13.3 Å². The molecule has 2 aromatic heterocycles. The molecule has 0 aliphatic carbocycles. The lowest BCUT2D eigenvalue weighted by Crippen LogP contribution is -2.10. The number of nitrogens with one attached hydrogen (secondary N) is 1. The van der Waals surface area contributed by atoms with Gasteiger partial charge in [-0.25, -0.2) is 4.98 Å². The zero-order valence-electron chi connectivity index (χ0n) is 13.7. The van der Waals surface area contributed by atoms with E-state index in [1.807, 2.05) is 66.9 Å². The molecule has 124 valence electrons. The van der Waals surface area contributed by atoms with Crippen LogP contribution in [0.3, 0.4) is 0 Å². The van der Waals surface area contributed by atoms with Crippen LogP contribution < -0.4 is 5.32 Å². The van der Waals surface area contributed by atoms with Crippen molar-refractivity contribution in [2.75, 3.05) is 5.32 Å². The van der Waals surface area contributed by atoms with Gasteiger partial charge < -0.3 is 9.73 Å². The minimum absolute atomic E-state index is 0.0931. The molecule has 0 radical (unpaired) electrons. The third-order valence-corrected chi connectivity index (χ3v) is 4.74. The second-order valence-corrected chi connectivity index (χ2v) is 6.84. The highest BCUT2D eigenvalue weighted by Gasteiger charge is 2.09. The Morgan fingerprint density at radius 2 is 2.08 bits per heavy atom. The Bertz CT molecular complexity index is 1030. The molecule has 1 amide bonds. The zero-order chi connectivity index (χ0) is 17.2. The van der Waals surface area contributed by atoms with Gasteiger partial charge in [-0.1, -0.05) is 24.3 Å². The highest BCUT2D eigenvalue weighted by Crippen LogP contribution is 2.21. The first kappa shape index (κ1) is 15.6. The van der Waals surface area contributed by atoms with Gasteiger partial charge in [-0.2, -0.15) is 0 Å². The quantitative estimate of drug-likeness (QED) is 0.562. The second-order valence-electron chi connectivity index (χ2n) is 5.89. The van der Waals surface area contributed by atoms with Gasteiger partial charge in [0.2, 0.25) is 0 Å². The lowest BCUT2D eigenvalue weighted by Gasteiger charge is -2.05. The maximum atomic E-state index is 12.2. The lowest BCUT2D eigenvalue weighted by molar-refractivity contribution is 0.103. The number of amides is 1. The Morgan fingerprint density at radius 1 is 1.16 bits per heavy atom. The number of hydrogen-bond acceptors (Lipinski definition) is 4. The molecule has 0 bridgehead atoms. The molecule has 0 saturated carbocycles. The highest BCUT2D eigenvalue weighted by atomic mass is 32.1. The van der Waals surface area contributed by atoms with Gasteiger partial charge in [0, 0.05) is 12.1 Å². The number of carbonyl (C=O) groups is 1. The van der Waals surface area contributed by atoms with Gasteiger partial charge in [0.15, 0.2) is 11.5 Å². The largest absolute Gasteiger partial charge is 0.440 e. The summed E-state index contributed by atoms with van der Waals surface area (Å²) in [5.74, 6) is 0.576. The van der Waals surface area contributed by atoms with Gasteiger partial charge in [0.1, 0.15) is 5.52 Å². The van der Waals surface area contributed by atoms with Crippen LogP contribution in [0.15, 0.2) is 64.4 Å². The van der Waals surface area contributed by atoms with Crippen molar-refractivity contribution in [1.29, 1.82) is 0 Å². The molecule has 0 saturated heterocycles. The van der Waals surface area contributed by atoms with Crippen LogP contribution in [0.2, 0.25) is 0 Å². The van der Waals surface area contributed by atoms with Crippen LogP contribution >= 0.6 is 11.3 Å². The predicted octanol–water partition coefficient (Wildman–Crippen LogP) is 5.04. The molecular formula is C20H16N2O2S. The Kier molecular flexibility index (Phi) is 4.07. The minimum atomic E-state index is -0.0931. The predicted molar refractivity (Wildman–Crippen MR) is 100 cm³/mol. The van der Waals surface area contributed by atoms with E-state index in [2.05, 4.69) is 10.3 Å². The van der Waals surface area contributed by atoms with E-state index in [9.17, 15) is 4.79 Å². The number of carbonyl (C=O) groups excluding carboxylic acids is 1. The van der Waals surface area contributed by atoms with E-state index in [0.717, 1.165) is 27.9 Å². The van der Waals surface area contributed by atoms with Gasteiger partial charge >= 0.3 is 0 Å². The van der Waals surface area contributed by atoms with Crippen molar-refractivity contribution >= 4 is 34.0 Å². The molecule has 0 aliphatic heterocycles. The SMILES string of the molecule is Cc1ccc2nc(Cc3cccc(NC(=O)c4cccs4)c3)oc2c1. The Morgan fingerprint density at radius 3 is 2.92 bits per heavy atom. The third-order valence-electron chi connectivity index (χ3n) is 3.87. The van der Waals surface area contributed by atoms with Crippen LogP contribution in [-0.4, -0.2) is 10.9 Å². The summed E-state index contributed by atoms with van der Waals surface area (Å²) in [6.45, 7) is 2.03. The molecule has 2 aromatic carbocycles. The topological polar surface area (TPSA) is 55.1 Å². The maximum absolute atomic E-state index is 12.2. The standard InChI is InChI=1S/C20H16N2O2S/c1-13-7-8-16-17(10-13)24-19(22-16)12-14-4-2-5-15(11-14)21-20(23)18-6-3-9-25-18/h2-11H,12H2,1H3,(H,21,23).